The topological polar surface area (TPSA) is 92.8 Å². The molecule has 3 atom stereocenters. The summed E-state index contributed by atoms with van der Waals surface area (Å²) in [4.78, 5) is 11.3. The molecule has 88 valence electrons. The number of carbonyl (C=O) groups excluding carboxylic acids is 1. The second-order valence-electron chi connectivity index (χ2n) is 3.26. The molecule has 0 radical (unpaired) electrons. The molecular formula is C9H16ClNO4. The Kier molecular flexibility index (Phi) is 5.82. The summed E-state index contributed by atoms with van der Waals surface area (Å²) in [5, 5.41) is 18.6. The predicted molar refractivity (Wildman–Crippen MR) is 56.6 cm³/mol. The van der Waals surface area contributed by atoms with E-state index in [1.165, 1.54) is 6.08 Å². The summed E-state index contributed by atoms with van der Waals surface area (Å²) in [6, 6.07) is -0.616. The number of rotatable bonds is 2. The first kappa shape index (κ1) is 14.4. The minimum atomic E-state index is -1.09. The molecule has 0 amide bonds. The van der Waals surface area contributed by atoms with Crippen molar-refractivity contribution in [3.05, 3.63) is 11.6 Å². The summed E-state index contributed by atoms with van der Waals surface area (Å²) >= 11 is 0. The molecule has 0 bridgehead atoms. The lowest BCUT2D eigenvalue weighted by molar-refractivity contribution is -0.139. The van der Waals surface area contributed by atoms with E-state index in [1.807, 2.05) is 0 Å². The fourth-order valence-corrected chi connectivity index (χ4v) is 1.38. The molecule has 0 saturated carbocycles. The molecule has 15 heavy (non-hydrogen) atoms. The molecule has 4 N–H and O–H groups in total. The first-order chi connectivity index (χ1) is 6.56. The zero-order chi connectivity index (χ0) is 10.7. The van der Waals surface area contributed by atoms with Crippen molar-refractivity contribution in [1.29, 1.82) is 0 Å². The van der Waals surface area contributed by atoms with Crippen LogP contribution in [-0.2, 0) is 9.53 Å². The lowest BCUT2D eigenvalue weighted by atomic mass is 9.91. The summed E-state index contributed by atoms with van der Waals surface area (Å²) < 4.78 is 4.76. The highest BCUT2D eigenvalue weighted by molar-refractivity contribution is 5.88. The zero-order valence-electron chi connectivity index (χ0n) is 8.42. The van der Waals surface area contributed by atoms with Crippen molar-refractivity contribution in [3.8, 4) is 0 Å². The van der Waals surface area contributed by atoms with Crippen LogP contribution in [0.15, 0.2) is 11.6 Å². The van der Waals surface area contributed by atoms with Crippen molar-refractivity contribution in [1.82, 2.24) is 0 Å². The third-order valence-corrected chi connectivity index (χ3v) is 2.15. The van der Waals surface area contributed by atoms with Crippen LogP contribution in [0, 0.1) is 0 Å². The SMILES string of the molecule is CCOC(=O)C1=C[C@@H](O)[C@@H](O)[C@H](N)C1.Cl. The minimum absolute atomic E-state index is 0. The highest BCUT2D eigenvalue weighted by atomic mass is 35.5. The molecule has 1 aliphatic carbocycles. The molecule has 0 aromatic rings. The van der Waals surface area contributed by atoms with Crippen molar-refractivity contribution >= 4 is 18.4 Å². The van der Waals surface area contributed by atoms with Crippen LogP contribution in [0.25, 0.3) is 0 Å². The van der Waals surface area contributed by atoms with Gasteiger partial charge in [0.25, 0.3) is 0 Å². The van der Waals surface area contributed by atoms with Gasteiger partial charge in [0, 0.05) is 11.6 Å². The average molecular weight is 238 g/mol. The molecule has 0 heterocycles. The van der Waals surface area contributed by atoms with Crippen LogP contribution in [0.5, 0.6) is 0 Å². The Labute approximate surface area is 94.3 Å². The maximum atomic E-state index is 11.3. The van der Waals surface area contributed by atoms with Gasteiger partial charge in [0.1, 0.15) is 6.10 Å². The minimum Gasteiger partial charge on any atom is -0.463 e. The summed E-state index contributed by atoms with van der Waals surface area (Å²) in [5.41, 5.74) is 5.87. The molecule has 0 aromatic carbocycles. The van der Waals surface area contributed by atoms with Gasteiger partial charge in [-0.2, -0.15) is 0 Å². The van der Waals surface area contributed by atoms with Gasteiger partial charge in [-0.25, -0.2) is 4.79 Å². The molecule has 0 aromatic heterocycles. The fraction of sp³-hybridized carbons (Fsp3) is 0.667. The van der Waals surface area contributed by atoms with E-state index in [-0.39, 0.29) is 25.4 Å². The predicted octanol–water partition coefficient (Wildman–Crippen LogP) is -0.650. The monoisotopic (exact) mass is 237 g/mol. The van der Waals surface area contributed by atoms with Gasteiger partial charge in [0.05, 0.1) is 12.7 Å². The summed E-state index contributed by atoms with van der Waals surface area (Å²) in [6.45, 7) is 1.98. The van der Waals surface area contributed by atoms with Gasteiger partial charge in [-0.15, -0.1) is 12.4 Å². The van der Waals surface area contributed by atoms with Crippen LogP contribution >= 0.6 is 12.4 Å². The zero-order valence-corrected chi connectivity index (χ0v) is 9.24. The summed E-state index contributed by atoms with van der Waals surface area (Å²) in [6.07, 6.45) is -0.561. The highest BCUT2D eigenvalue weighted by Crippen LogP contribution is 2.19. The number of halogens is 1. The smallest absolute Gasteiger partial charge is 0.333 e. The largest absolute Gasteiger partial charge is 0.463 e. The van der Waals surface area contributed by atoms with Crippen molar-refractivity contribution < 1.29 is 19.7 Å². The lowest BCUT2D eigenvalue weighted by Gasteiger charge is -2.27. The Hall–Kier alpha value is -0.620. The van der Waals surface area contributed by atoms with Gasteiger partial charge in [-0.1, -0.05) is 0 Å². The van der Waals surface area contributed by atoms with Gasteiger partial charge in [0.15, 0.2) is 0 Å². The standard InChI is InChI=1S/C9H15NO4.ClH/c1-2-14-9(13)5-3-6(10)8(12)7(11)4-5;/h4,6-8,11-12H,2-3,10H2,1H3;1H/t6-,7-,8+;/m1./s1. The van der Waals surface area contributed by atoms with Crippen molar-refractivity contribution in [2.24, 2.45) is 5.73 Å². The third kappa shape index (κ3) is 3.46. The van der Waals surface area contributed by atoms with E-state index in [2.05, 4.69) is 0 Å². The second kappa shape index (κ2) is 6.07. The fourth-order valence-electron chi connectivity index (χ4n) is 1.38. The molecule has 0 fully saturated rings. The highest BCUT2D eigenvalue weighted by Gasteiger charge is 2.30. The number of hydrogen-bond donors (Lipinski definition) is 3. The van der Waals surface area contributed by atoms with Crippen LogP contribution in [-0.4, -0.2) is 41.0 Å². The van der Waals surface area contributed by atoms with Gasteiger partial charge >= 0.3 is 5.97 Å². The molecule has 0 aliphatic heterocycles. The van der Waals surface area contributed by atoms with Crippen molar-refractivity contribution in [2.45, 2.75) is 31.6 Å². The third-order valence-electron chi connectivity index (χ3n) is 2.15. The maximum absolute atomic E-state index is 11.3. The van der Waals surface area contributed by atoms with Gasteiger partial charge < -0.3 is 20.7 Å². The Bertz CT molecular complexity index is 256. The van der Waals surface area contributed by atoms with Gasteiger partial charge in [-0.05, 0) is 19.4 Å². The first-order valence-electron chi connectivity index (χ1n) is 4.55. The normalized spacial score (nSPS) is 30.1. The Morgan fingerprint density at radius 1 is 1.67 bits per heavy atom. The van der Waals surface area contributed by atoms with E-state index in [0.29, 0.717) is 5.57 Å². The molecule has 1 aliphatic rings. The van der Waals surface area contributed by atoms with Crippen LogP contribution in [0.4, 0.5) is 0 Å². The van der Waals surface area contributed by atoms with E-state index in [9.17, 15) is 15.0 Å². The average Bonchev–Trinajstić information content (AvgIpc) is 2.13. The summed E-state index contributed by atoms with van der Waals surface area (Å²) in [7, 11) is 0. The maximum Gasteiger partial charge on any atom is 0.333 e. The molecule has 5 nitrogen and oxygen atoms in total. The Morgan fingerprint density at radius 2 is 2.27 bits per heavy atom. The number of aliphatic hydroxyl groups excluding tert-OH is 2. The first-order valence-corrected chi connectivity index (χ1v) is 4.55. The van der Waals surface area contributed by atoms with E-state index < -0.39 is 24.2 Å². The number of carbonyl (C=O) groups is 1. The molecule has 0 saturated heterocycles. The van der Waals surface area contributed by atoms with Crippen molar-refractivity contribution in [2.75, 3.05) is 6.61 Å². The van der Waals surface area contributed by atoms with Crippen molar-refractivity contribution in [3.63, 3.8) is 0 Å². The van der Waals surface area contributed by atoms with E-state index in [1.54, 1.807) is 6.92 Å². The van der Waals surface area contributed by atoms with Gasteiger partial charge in [0.2, 0.25) is 0 Å². The van der Waals surface area contributed by atoms with E-state index >= 15 is 0 Å². The molecule has 6 heteroatoms. The van der Waals surface area contributed by atoms with E-state index in [0.717, 1.165) is 0 Å². The van der Waals surface area contributed by atoms with Gasteiger partial charge in [-0.3, -0.25) is 0 Å². The number of esters is 1. The molecule has 0 unspecified atom stereocenters. The number of ether oxygens (including phenoxy) is 1. The van der Waals surface area contributed by atoms with Crippen LogP contribution in [0.3, 0.4) is 0 Å². The Morgan fingerprint density at radius 3 is 2.73 bits per heavy atom. The summed E-state index contributed by atoms with van der Waals surface area (Å²) in [5.74, 6) is -0.478. The van der Waals surface area contributed by atoms with Crippen LogP contribution in [0.2, 0.25) is 0 Å². The lowest BCUT2D eigenvalue weighted by Crippen LogP contribution is -2.46. The molecule has 1 rings (SSSR count). The van der Waals surface area contributed by atoms with E-state index in [4.69, 9.17) is 10.5 Å². The Balaban J connectivity index is 0.00000196. The molecular weight excluding hydrogens is 222 g/mol. The molecule has 0 spiro atoms. The number of aliphatic hydroxyl groups is 2. The number of nitrogens with two attached hydrogens (primary N) is 1. The van der Waals surface area contributed by atoms with Crippen LogP contribution < -0.4 is 5.73 Å². The second-order valence-corrected chi connectivity index (χ2v) is 3.26. The number of hydrogen-bond acceptors (Lipinski definition) is 5. The quantitative estimate of drug-likeness (QED) is 0.555. The van der Waals surface area contributed by atoms with Crippen LogP contribution in [0.1, 0.15) is 13.3 Å².